The van der Waals surface area contributed by atoms with Crippen molar-refractivity contribution in [1.82, 2.24) is 9.55 Å². The SMILES string of the molecule is CCOc1ccc(NCc2cnc(N(C)C)n2C)cc1Cl. The summed E-state index contributed by atoms with van der Waals surface area (Å²) in [5.41, 5.74) is 2.06. The number of benzene rings is 1. The lowest BCUT2D eigenvalue weighted by Gasteiger charge is -2.13. The maximum atomic E-state index is 6.18. The number of nitrogens with zero attached hydrogens (tertiary/aromatic N) is 3. The highest BCUT2D eigenvalue weighted by atomic mass is 35.5. The summed E-state index contributed by atoms with van der Waals surface area (Å²) in [5, 5.41) is 3.96. The van der Waals surface area contributed by atoms with Gasteiger partial charge in [0.1, 0.15) is 5.75 Å². The smallest absolute Gasteiger partial charge is 0.204 e. The van der Waals surface area contributed by atoms with Crippen molar-refractivity contribution in [3.63, 3.8) is 0 Å². The van der Waals surface area contributed by atoms with Gasteiger partial charge in [-0.2, -0.15) is 0 Å². The molecule has 0 unspecified atom stereocenters. The van der Waals surface area contributed by atoms with Gasteiger partial charge in [-0.1, -0.05) is 11.6 Å². The van der Waals surface area contributed by atoms with Crippen molar-refractivity contribution in [2.24, 2.45) is 7.05 Å². The van der Waals surface area contributed by atoms with E-state index in [0.29, 0.717) is 23.9 Å². The maximum absolute atomic E-state index is 6.18. The lowest BCUT2D eigenvalue weighted by Crippen LogP contribution is -2.15. The van der Waals surface area contributed by atoms with Crippen LogP contribution in [0.3, 0.4) is 0 Å². The number of rotatable bonds is 6. The Kier molecular flexibility index (Phi) is 4.96. The molecule has 0 saturated carbocycles. The van der Waals surface area contributed by atoms with Crippen LogP contribution in [0.2, 0.25) is 5.02 Å². The Morgan fingerprint density at radius 1 is 1.38 bits per heavy atom. The molecule has 0 saturated heterocycles. The van der Waals surface area contributed by atoms with Crippen molar-refractivity contribution < 1.29 is 4.74 Å². The number of nitrogens with one attached hydrogen (secondary N) is 1. The van der Waals surface area contributed by atoms with Crippen molar-refractivity contribution in [3.8, 4) is 5.75 Å². The van der Waals surface area contributed by atoms with E-state index in [9.17, 15) is 0 Å². The van der Waals surface area contributed by atoms with E-state index in [1.807, 2.05) is 57.4 Å². The molecular formula is C15H21ClN4O. The van der Waals surface area contributed by atoms with E-state index >= 15 is 0 Å². The highest BCUT2D eigenvalue weighted by Crippen LogP contribution is 2.27. The van der Waals surface area contributed by atoms with Gasteiger partial charge < -0.3 is 19.5 Å². The zero-order chi connectivity index (χ0) is 15.4. The van der Waals surface area contributed by atoms with Gasteiger partial charge in [0.25, 0.3) is 0 Å². The van der Waals surface area contributed by atoms with E-state index in [1.54, 1.807) is 0 Å². The van der Waals surface area contributed by atoms with Gasteiger partial charge in [0.05, 0.1) is 30.1 Å². The molecule has 1 aromatic carbocycles. The second kappa shape index (κ2) is 6.72. The molecule has 2 aromatic rings. The first-order chi connectivity index (χ1) is 10.0. The molecule has 1 N–H and O–H groups in total. The minimum Gasteiger partial charge on any atom is -0.492 e. The zero-order valence-corrected chi connectivity index (χ0v) is 13.6. The number of ether oxygens (including phenoxy) is 1. The van der Waals surface area contributed by atoms with E-state index in [1.165, 1.54) is 0 Å². The lowest BCUT2D eigenvalue weighted by molar-refractivity contribution is 0.340. The minimum absolute atomic E-state index is 0.606. The van der Waals surface area contributed by atoms with E-state index in [-0.39, 0.29) is 0 Å². The number of anilines is 2. The topological polar surface area (TPSA) is 42.3 Å². The fourth-order valence-electron chi connectivity index (χ4n) is 2.09. The summed E-state index contributed by atoms with van der Waals surface area (Å²) < 4.78 is 7.48. The summed E-state index contributed by atoms with van der Waals surface area (Å²) in [4.78, 5) is 6.37. The number of aromatic nitrogens is 2. The first-order valence-corrected chi connectivity index (χ1v) is 7.24. The molecule has 0 spiro atoms. The molecule has 0 aliphatic heterocycles. The molecule has 0 aliphatic rings. The van der Waals surface area contributed by atoms with Crippen LogP contribution < -0.4 is 15.0 Å². The molecule has 0 aliphatic carbocycles. The van der Waals surface area contributed by atoms with Crippen LogP contribution in [-0.4, -0.2) is 30.3 Å². The van der Waals surface area contributed by atoms with E-state index in [4.69, 9.17) is 16.3 Å². The molecule has 1 heterocycles. The zero-order valence-electron chi connectivity index (χ0n) is 12.9. The molecule has 0 radical (unpaired) electrons. The number of imidazole rings is 1. The molecule has 0 fully saturated rings. The molecular weight excluding hydrogens is 288 g/mol. The third kappa shape index (κ3) is 3.61. The van der Waals surface area contributed by atoms with Crippen LogP contribution in [0.25, 0.3) is 0 Å². The summed E-state index contributed by atoms with van der Waals surface area (Å²) in [6.07, 6.45) is 1.87. The first-order valence-electron chi connectivity index (χ1n) is 6.87. The highest BCUT2D eigenvalue weighted by Gasteiger charge is 2.08. The van der Waals surface area contributed by atoms with Gasteiger partial charge in [-0.15, -0.1) is 0 Å². The standard InChI is InChI=1S/C15H21ClN4O/c1-5-21-14-7-6-11(8-13(14)16)17-9-12-10-18-15(19(2)3)20(12)4/h6-8,10,17H,5,9H2,1-4H3. The molecule has 0 atom stereocenters. The molecule has 21 heavy (non-hydrogen) atoms. The van der Waals surface area contributed by atoms with Crippen LogP contribution >= 0.6 is 11.6 Å². The van der Waals surface area contributed by atoms with Crippen LogP contribution in [0.1, 0.15) is 12.6 Å². The number of hydrogen-bond acceptors (Lipinski definition) is 4. The van der Waals surface area contributed by atoms with Crippen molar-refractivity contribution in [2.45, 2.75) is 13.5 Å². The second-order valence-corrected chi connectivity index (χ2v) is 5.34. The van der Waals surface area contributed by atoms with Crippen molar-refractivity contribution >= 4 is 23.2 Å². The third-order valence-electron chi connectivity index (χ3n) is 3.17. The second-order valence-electron chi connectivity index (χ2n) is 4.93. The van der Waals surface area contributed by atoms with Gasteiger partial charge in [-0.25, -0.2) is 4.98 Å². The van der Waals surface area contributed by atoms with Gasteiger partial charge in [0.2, 0.25) is 5.95 Å². The Bertz CT molecular complexity index is 610. The Balaban J connectivity index is 2.05. The Hall–Kier alpha value is -1.88. The fraction of sp³-hybridized carbons (Fsp3) is 0.400. The average molecular weight is 309 g/mol. The van der Waals surface area contributed by atoms with Crippen LogP contribution in [0.4, 0.5) is 11.6 Å². The summed E-state index contributed by atoms with van der Waals surface area (Å²) in [5.74, 6) is 1.64. The van der Waals surface area contributed by atoms with Gasteiger partial charge in [0, 0.05) is 26.8 Å². The van der Waals surface area contributed by atoms with Crippen molar-refractivity contribution in [3.05, 3.63) is 35.1 Å². The maximum Gasteiger partial charge on any atom is 0.204 e. The van der Waals surface area contributed by atoms with Gasteiger partial charge in [0.15, 0.2) is 0 Å². The van der Waals surface area contributed by atoms with Gasteiger partial charge >= 0.3 is 0 Å². The molecule has 0 bridgehead atoms. The van der Waals surface area contributed by atoms with Crippen LogP contribution in [0.5, 0.6) is 5.75 Å². The van der Waals surface area contributed by atoms with E-state index < -0.39 is 0 Å². The Morgan fingerprint density at radius 3 is 2.71 bits per heavy atom. The molecule has 2 rings (SSSR count). The van der Waals surface area contributed by atoms with Crippen molar-refractivity contribution in [2.75, 3.05) is 30.9 Å². The van der Waals surface area contributed by atoms with Crippen LogP contribution in [0.15, 0.2) is 24.4 Å². The molecule has 5 nitrogen and oxygen atoms in total. The van der Waals surface area contributed by atoms with Crippen molar-refractivity contribution in [1.29, 1.82) is 0 Å². The normalized spacial score (nSPS) is 10.5. The molecule has 1 aromatic heterocycles. The monoisotopic (exact) mass is 308 g/mol. The third-order valence-corrected chi connectivity index (χ3v) is 3.46. The first kappa shape index (κ1) is 15.5. The number of hydrogen-bond donors (Lipinski definition) is 1. The minimum atomic E-state index is 0.606. The summed E-state index contributed by atoms with van der Waals surface area (Å²) in [6, 6.07) is 5.71. The van der Waals surface area contributed by atoms with E-state index in [0.717, 1.165) is 17.3 Å². The quantitative estimate of drug-likeness (QED) is 0.890. The van der Waals surface area contributed by atoms with Gasteiger partial charge in [-0.3, -0.25) is 0 Å². The molecule has 0 amide bonds. The summed E-state index contributed by atoms with van der Waals surface area (Å²) in [7, 11) is 5.96. The highest BCUT2D eigenvalue weighted by molar-refractivity contribution is 6.32. The largest absolute Gasteiger partial charge is 0.492 e. The van der Waals surface area contributed by atoms with E-state index in [2.05, 4.69) is 14.9 Å². The van der Waals surface area contributed by atoms with Crippen LogP contribution in [0, 0.1) is 0 Å². The molecule has 114 valence electrons. The predicted octanol–water partition coefficient (Wildman–Crippen LogP) is 3.15. The Labute approximate surface area is 130 Å². The van der Waals surface area contributed by atoms with Gasteiger partial charge in [-0.05, 0) is 25.1 Å². The average Bonchev–Trinajstić information content (AvgIpc) is 2.81. The number of halogens is 1. The predicted molar refractivity (Wildman–Crippen MR) is 87.5 cm³/mol. The van der Waals surface area contributed by atoms with Crippen LogP contribution in [-0.2, 0) is 13.6 Å². The Morgan fingerprint density at radius 2 is 2.14 bits per heavy atom. The molecule has 6 heteroatoms. The lowest BCUT2D eigenvalue weighted by atomic mass is 10.3. The summed E-state index contributed by atoms with van der Waals surface area (Å²) in [6.45, 7) is 3.23. The fourth-order valence-corrected chi connectivity index (χ4v) is 2.32. The summed E-state index contributed by atoms with van der Waals surface area (Å²) >= 11 is 6.18.